The van der Waals surface area contributed by atoms with Crippen LogP contribution in [0.1, 0.15) is 38.3 Å². The number of likely N-dealkylation sites (tertiary alicyclic amines) is 1. The molecule has 1 atom stereocenters. The number of ether oxygens (including phenoxy) is 1. The van der Waals surface area contributed by atoms with Crippen molar-refractivity contribution in [2.24, 2.45) is 4.99 Å². The molecule has 0 aromatic heterocycles. The van der Waals surface area contributed by atoms with Gasteiger partial charge in [0.1, 0.15) is 5.75 Å². The van der Waals surface area contributed by atoms with E-state index < -0.39 is 0 Å². The van der Waals surface area contributed by atoms with E-state index in [9.17, 15) is 0 Å². The fraction of sp³-hybridized carbons (Fsp3) is 0.611. The first-order chi connectivity index (χ1) is 11.1. The SMILES string of the molecule is CN=C(NCC(c1cccc(OC)c1)N1CCCC1)NC(C)C.I. The number of benzene rings is 1. The van der Waals surface area contributed by atoms with Crippen LogP contribution >= 0.6 is 24.0 Å². The summed E-state index contributed by atoms with van der Waals surface area (Å²) in [7, 11) is 3.53. The number of hydrogen-bond acceptors (Lipinski definition) is 3. The molecule has 1 fully saturated rings. The molecule has 0 saturated carbocycles. The number of nitrogens with zero attached hydrogens (tertiary/aromatic N) is 2. The molecule has 5 nitrogen and oxygen atoms in total. The topological polar surface area (TPSA) is 48.9 Å². The summed E-state index contributed by atoms with van der Waals surface area (Å²) in [4.78, 5) is 6.85. The van der Waals surface area contributed by atoms with Crippen LogP contribution in [-0.2, 0) is 0 Å². The van der Waals surface area contributed by atoms with Crippen LogP contribution < -0.4 is 15.4 Å². The fourth-order valence-electron chi connectivity index (χ4n) is 3.02. The molecule has 1 aliphatic heterocycles. The molecule has 0 amide bonds. The second-order valence-corrected chi connectivity index (χ2v) is 6.29. The summed E-state index contributed by atoms with van der Waals surface area (Å²) >= 11 is 0. The van der Waals surface area contributed by atoms with Gasteiger partial charge in [0.05, 0.1) is 13.2 Å². The molecule has 2 rings (SSSR count). The Hall–Kier alpha value is -1.02. The average Bonchev–Trinajstić information content (AvgIpc) is 3.08. The standard InChI is InChI=1S/C18H30N4O.HI/c1-14(2)21-18(19-3)20-13-17(22-10-5-6-11-22)15-8-7-9-16(12-15)23-4;/h7-9,12,14,17H,5-6,10-11,13H2,1-4H3,(H2,19,20,21);1H. The highest BCUT2D eigenvalue weighted by Gasteiger charge is 2.24. The van der Waals surface area contributed by atoms with Crippen LogP contribution in [-0.4, -0.2) is 50.7 Å². The van der Waals surface area contributed by atoms with Crippen molar-refractivity contribution >= 4 is 29.9 Å². The van der Waals surface area contributed by atoms with E-state index in [0.717, 1.165) is 31.3 Å². The number of nitrogens with one attached hydrogen (secondary N) is 2. The summed E-state index contributed by atoms with van der Waals surface area (Å²) in [5.74, 6) is 1.77. The minimum atomic E-state index is 0. The second-order valence-electron chi connectivity index (χ2n) is 6.29. The Balaban J connectivity index is 0.00000288. The molecule has 1 unspecified atom stereocenters. The lowest BCUT2D eigenvalue weighted by Gasteiger charge is -2.29. The zero-order valence-corrected chi connectivity index (χ0v) is 17.5. The van der Waals surface area contributed by atoms with Gasteiger partial charge in [-0.3, -0.25) is 9.89 Å². The zero-order chi connectivity index (χ0) is 16.7. The Labute approximate surface area is 163 Å². The average molecular weight is 446 g/mol. The van der Waals surface area contributed by atoms with Crippen LogP contribution in [0.25, 0.3) is 0 Å². The van der Waals surface area contributed by atoms with Crippen molar-refractivity contribution in [3.8, 4) is 5.75 Å². The van der Waals surface area contributed by atoms with Gasteiger partial charge in [-0.1, -0.05) is 12.1 Å². The first-order valence-electron chi connectivity index (χ1n) is 8.49. The van der Waals surface area contributed by atoms with Gasteiger partial charge in [-0.25, -0.2) is 0 Å². The monoisotopic (exact) mass is 446 g/mol. The molecule has 1 saturated heterocycles. The molecule has 1 aromatic rings. The van der Waals surface area contributed by atoms with Gasteiger partial charge in [0, 0.05) is 19.6 Å². The normalized spacial score (nSPS) is 16.6. The van der Waals surface area contributed by atoms with Crippen LogP contribution in [0.3, 0.4) is 0 Å². The van der Waals surface area contributed by atoms with E-state index in [-0.39, 0.29) is 24.0 Å². The Morgan fingerprint density at radius 3 is 2.58 bits per heavy atom. The molecule has 0 radical (unpaired) electrons. The third kappa shape index (κ3) is 6.12. The van der Waals surface area contributed by atoms with E-state index >= 15 is 0 Å². The lowest BCUT2D eigenvalue weighted by Crippen LogP contribution is -2.44. The first kappa shape index (κ1) is 21.0. The maximum absolute atomic E-state index is 5.39. The van der Waals surface area contributed by atoms with Gasteiger partial charge in [0.15, 0.2) is 5.96 Å². The summed E-state index contributed by atoms with van der Waals surface area (Å²) in [6.07, 6.45) is 2.55. The minimum Gasteiger partial charge on any atom is -0.497 e. The number of methoxy groups -OCH3 is 1. The van der Waals surface area contributed by atoms with Crippen molar-refractivity contribution in [1.29, 1.82) is 0 Å². The molecule has 136 valence electrons. The largest absolute Gasteiger partial charge is 0.497 e. The van der Waals surface area contributed by atoms with Gasteiger partial charge < -0.3 is 15.4 Å². The highest BCUT2D eigenvalue weighted by Crippen LogP contribution is 2.27. The van der Waals surface area contributed by atoms with E-state index in [1.54, 1.807) is 7.11 Å². The van der Waals surface area contributed by atoms with Gasteiger partial charge >= 0.3 is 0 Å². The number of guanidine groups is 1. The van der Waals surface area contributed by atoms with Gasteiger partial charge in [0.2, 0.25) is 0 Å². The van der Waals surface area contributed by atoms with Gasteiger partial charge in [0.25, 0.3) is 0 Å². The van der Waals surface area contributed by atoms with E-state index in [2.05, 4.69) is 52.6 Å². The smallest absolute Gasteiger partial charge is 0.191 e. The molecule has 24 heavy (non-hydrogen) atoms. The van der Waals surface area contributed by atoms with E-state index in [0.29, 0.717) is 12.1 Å². The predicted molar refractivity (Wildman–Crippen MR) is 112 cm³/mol. The molecule has 0 spiro atoms. The number of halogens is 1. The minimum absolute atomic E-state index is 0. The summed E-state index contributed by atoms with van der Waals surface area (Å²) in [5.41, 5.74) is 1.29. The van der Waals surface area contributed by atoms with Crippen molar-refractivity contribution in [2.75, 3.05) is 33.8 Å². The van der Waals surface area contributed by atoms with Gasteiger partial charge in [-0.05, 0) is 57.5 Å². The van der Waals surface area contributed by atoms with Gasteiger partial charge in [-0.15, -0.1) is 24.0 Å². The van der Waals surface area contributed by atoms with Crippen molar-refractivity contribution in [2.45, 2.75) is 38.8 Å². The zero-order valence-electron chi connectivity index (χ0n) is 15.2. The summed E-state index contributed by atoms with van der Waals surface area (Å²) in [5, 5.41) is 6.82. The molecule has 2 N–H and O–H groups in total. The quantitative estimate of drug-likeness (QED) is 0.401. The Morgan fingerprint density at radius 1 is 1.29 bits per heavy atom. The van der Waals surface area contributed by atoms with Crippen LogP contribution in [0.2, 0.25) is 0 Å². The lowest BCUT2D eigenvalue weighted by molar-refractivity contribution is 0.245. The van der Waals surface area contributed by atoms with Crippen LogP contribution in [0.15, 0.2) is 29.3 Å². The molecule has 1 aliphatic rings. The Kier molecular flexibility index (Phi) is 9.43. The van der Waals surface area contributed by atoms with Crippen molar-refractivity contribution in [3.05, 3.63) is 29.8 Å². The Morgan fingerprint density at radius 2 is 2.00 bits per heavy atom. The van der Waals surface area contributed by atoms with Crippen LogP contribution in [0.5, 0.6) is 5.75 Å². The third-order valence-electron chi connectivity index (χ3n) is 4.17. The highest BCUT2D eigenvalue weighted by molar-refractivity contribution is 14.0. The molecule has 1 aromatic carbocycles. The maximum atomic E-state index is 5.39. The number of aliphatic imine (C=N–C) groups is 1. The predicted octanol–water partition coefficient (Wildman–Crippen LogP) is 3.02. The summed E-state index contributed by atoms with van der Waals surface area (Å²) in [6.45, 7) is 7.37. The van der Waals surface area contributed by atoms with Crippen molar-refractivity contribution in [3.63, 3.8) is 0 Å². The third-order valence-corrected chi connectivity index (χ3v) is 4.17. The Bertz CT molecular complexity index is 515. The van der Waals surface area contributed by atoms with Gasteiger partial charge in [-0.2, -0.15) is 0 Å². The van der Waals surface area contributed by atoms with E-state index in [1.165, 1.54) is 18.4 Å². The number of rotatable bonds is 6. The molecule has 6 heteroatoms. The van der Waals surface area contributed by atoms with Crippen LogP contribution in [0, 0.1) is 0 Å². The van der Waals surface area contributed by atoms with E-state index in [4.69, 9.17) is 4.74 Å². The van der Waals surface area contributed by atoms with Crippen molar-refractivity contribution in [1.82, 2.24) is 15.5 Å². The molecule has 0 aliphatic carbocycles. The second kappa shape index (κ2) is 10.8. The van der Waals surface area contributed by atoms with E-state index in [1.807, 2.05) is 13.1 Å². The highest BCUT2D eigenvalue weighted by atomic mass is 127. The molecule has 1 heterocycles. The maximum Gasteiger partial charge on any atom is 0.191 e. The number of hydrogen-bond donors (Lipinski definition) is 2. The molecular formula is C18H31IN4O. The summed E-state index contributed by atoms with van der Waals surface area (Å²) in [6, 6.07) is 9.09. The first-order valence-corrected chi connectivity index (χ1v) is 8.49. The molecular weight excluding hydrogens is 415 g/mol. The fourth-order valence-corrected chi connectivity index (χ4v) is 3.02. The van der Waals surface area contributed by atoms with Crippen LogP contribution in [0.4, 0.5) is 0 Å². The molecule has 0 bridgehead atoms. The summed E-state index contributed by atoms with van der Waals surface area (Å²) < 4.78 is 5.39. The van der Waals surface area contributed by atoms with Crippen molar-refractivity contribution < 1.29 is 4.74 Å². The lowest BCUT2D eigenvalue weighted by atomic mass is 10.1.